The predicted molar refractivity (Wildman–Crippen MR) is 81.2 cm³/mol. The topological polar surface area (TPSA) is 97.5 Å². The van der Waals surface area contributed by atoms with E-state index >= 15 is 0 Å². The van der Waals surface area contributed by atoms with Crippen LogP contribution in [-0.4, -0.2) is 28.3 Å². The number of carbonyl (C=O) groups excluding carboxylic acids is 1. The van der Waals surface area contributed by atoms with Gasteiger partial charge in [0.05, 0.1) is 12.7 Å². The van der Waals surface area contributed by atoms with Gasteiger partial charge in [0.25, 0.3) is 5.91 Å². The Kier molecular flexibility index (Phi) is 3.71. The molecule has 0 spiro atoms. The third-order valence-corrected chi connectivity index (χ3v) is 4.21. The van der Waals surface area contributed by atoms with Crippen LogP contribution in [0.2, 0.25) is 0 Å². The molecule has 1 aliphatic rings. The van der Waals surface area contributed by atoms with E-state index < -0.39 is 5.54 Å². The number of methoxy groups -OCH3 is 1. The molecule has 1 atom stereocenters. The molecule has 0 bridgehead atoms. The minimum absolute atomic E-state index is 0.135. The van der Waals surface area contributed by atoms with Crippen molar-refractivity contribution in [3.05, 3.63) is 35.5 Å². The molecule has 23 heavy (non-hydrogen) atoms. The highest BCUT2D eigenvalue weighted by atomic mass is 16.5. The van der Waals surface area contributed by atoms with E-state index in [1.807, 2.05) is 6.92 Å². The lowest BCUT2D eigenvalue weighted by Gasteiger charge is -2.27. The number of hydrogen-bond acceptors (Lipinski definition) is 6. The normalized spacial score (nSPS) is 16.7. The highest BCUT2D eigenvalue weighted by Gasteiger charge is 2.47. The third kappa shape index (κ3) is 2.86. The fourth-order valence-corrected chi connectivity index (χ4v) is 2.65. The number of amides is 1. The maximum absolute atomic E-state index is 12.6. The largest absolute Gasteiger partial charge is 0.507 e. The Bertz CT molecular complexity index is 739. The molecule has 7 heteroatoms. The summed E-state index contributed by atoms with van der Waals surface area (Å²) in [4.78, 5) is 16.9. The van der Waals surface area contributed by atoms with Crippen LogP contribution in [0.1, 0.15) is 41.8 Å². The zero-order valence-electron chi connectivity index (χ0n) is 13.3. The summed E-state index contributed by atoms with van der Waals surface area (Å²) >= 11 is 0. The number of phenolic OH excluding ortho intramolecular Hbond substituents is 1. The van der Waals surface area contributed by atoms with E-state index in [1.165, 1.54) is 19.2 Å². The monoisotopic (exact) mass is 317 g/mol. The first kappa shape index (κ1) is 15.3. The first-order chi connectivity index (χ1) is 10.9. The Morgan fingerprint density at radius 1 is 1.48 bits per heavy atom. The number of benzene rings is 1. The van der Waals surface area contributed by atoms with E-state index in [0.29, 0.717) is 17.5 Å². The number of rotatable bonds is 5. The van der Waals surface area contributed by atoms with Crippen molar-refractivity contribution in [2.45, 2.75) is 32.2 Å². The molecule has 0 radical (unpaired) electrons. The molecule has 2 aromatic rings. The van der Waals surface area contributed by atoms with Crippen LogP contribution >= 0.6 is 0 Å². The molecule has 122 valence electrons. The molecule has 1 aromatic heterocycles. The van der Waals surface area contributed by atoms with Crippen molar-refractivity contribution in [2.24, 2.45) is 5.92 Å². The first-order valence-corrected chi connectivity index (χ1v) is 7.44. The van der Waals surface area contributed by atoms with Crippen LogP contribution in [0.4, 0.5) is 0 Å². The number of aromatic hydroxyl groups is 1. The first-order valence-electron chi connectivity index (χ1n) is 7.44. The van der Waals surface area contributed by atoms with Gasteiger partial charge in [-0.1, -0.05) is 5.16 Å². The standard InChI is InChI=1S/C16H19N3O4/c1-9-17-15(19-23-9)16(2,10-4-5-10)18-14(21)12-7-6-11(22-3)8-13(12)20/h6-8,10,20H,4-5H2,1-3H3,(H,18,21). The van der Waals surface area contributed by atoms with Gasteiger partial charge in [-0.2, -0.15) is 4.98 Å². The molecule has 0 saturated heterocycles. The Morgan fingerprint density at radius 2 is 2.22 bits per heavy atom. The SMILES string of the molecule is COc1ccc(C(=O)NC(C)(c2noc(C)n2)C2CC2)c(O)c1. The maximum atomic E-state index is 12.6. The van der Waals surface area contributed by atoms with Gasteiger partial charge in [-0.15, -0.1) is 0 Å². The summed E-state index contributed by atoms with van der Waals surface area (Å²) in [7, 11) is 1.50. The van der Waals surface area contributed by atoms with Gasteiger partial charge in [0.2, 0.25) is 5.89 Å². The Hall–Kier alpha value is -2.57. The molecular formula is C16H19N3O4. The molecular weight excluding hydrogens is 298 g/mol. The number of nitrogens with zero attached hydrogens (tertiary/aromatic N) is 2. The van der Waals surface area contributed by atoms with Gasteiger partial charge >= 0.3 is 0 Å². The lowest BCUT2D eigenvalue weighted by atomic mass is 9.94. The zero-order valence-corrected chi connectivity index (χ0v) is 13.3. The van der Waals surface area contributed by atoms with Gasteiger partial charge in [-0.05, 0) is 37.8 Å². The molecule has 1 fully saturated rings. The van der Waals surface area contributed by atoms with Gasteiger partial charge in [0, 0.05) is 13.0 Å². The predicted octanol–water partition coefficient (Wildman–Crippen LogP) is 2.15. The van der Waals surface area contributed by atoms with E-state index in [4.69, 9.17) is 9.26 Å². The van der Waals surface area contributed by atoms with Crippen molar-refractivity contribution < 1.29 is 19.2 Å². The second-order valence-electron chi connectivity index (χ2n) is 5.95. The summed E-state index contributed by atoms with van der Waals surface area (Å²) in [5.41, 5.74) is -0.542. The summed E-state index contributed by atoms with van der Waals surface area (Å²) in [5, 5.41) is 16.9. The van der Waals surface area contributed by atoms with Crippen LogP contribution in [0.5, 0.6) is 11.5 Å². The average molecular weight is 317 g/mol. The van der Waals surface area contributed by atoms with Gasteiger partial charge in [0.1, 0.15) is 17.0 Å². The van der Waals surface area contributed by atoms with E-state index in [-0.39, 0.29) is 23.1 Å². The van der Waals surface area contributed by atoms with Crippen molar-refractivity contribution in [1.29, 1.82) is 0 Å². The minimum atomic E-state index is -0.721. The smallest absolute Gasteiger partial charge is 0.255 e. The molecule has 3 rings (SSSR count). The molecule has 1 heterocycles. The van der Waals surface area contributed by atoms with E-state index in [0.717, 1.165) is 12.8 Å². The lowest BCUT2D eigenvalue weighted by Crippen LogP contribution is -2.46. The average Bonchev–Trinajstić information content (AvgIpc) is 3.29. The number of nitrogens with one attached hydrogen (secondary N) is 1. The van der Waals surface area contributed by atoms with E-state index in [1.54, 1.807) is 13.0 Å². The lowest BCUT2D eigenvalue weighted by molar-refractivity contribution is 0.0882. The van der Waals surface area contributed by atoms with Crippen LogP contribution in [0.3, 0.4) is 0 Å². The maximum Gasteiger partial charge on any atom is 0.255 e. The van der Waals surface area contributed by atoms with E-state index in [2.05, 4.69) is 15.5 Å². The van der Waals surface area contributed by atoms with Gasteiger partial charge in [-0.25, -0.2) is 0 Å². The summed E-state index contributed by atoms with van der Waals surface area (Å²) < 4.78 is 10.1. The van der Waals surface area contributed by atoms with Crippen LogP contribution in [-0.2, 0) is 5.54 Å². The molecule has 1 aromatic carbocycles. The number of ether oxygens (including phenoxy) is 1. The fraction of sp³-hybridized carbons (Fsp3) is 0.438. The number of carbonyl (C=O) groups is 1. The highest BCUT2D eigenvalue weighted by molar-refractivity contribution is 5.97. The minimum Gasteiger partial charge on any atom is -0.507 e. The van der Waals surface area contributed by atoms with Crippen LogP contribution in [0, 0.1) is 12.8 Å². The molecule has 1 aliphatic carbocycles. The number of phenols is 1. The van der Waals surface area contributed by atoms with Crippen molar-refractivity contribution in [3.8, 4) is 11.5 Å². The van der Waals surface area contributed by atoms with Crippen molar-refractivity contribution in [2.75, 3.05) is 7.11 Å². The van der Waals surface area contributed by atoms with Gasteiger partial charge in [0.15, 0.2) is 5.82 Å². The summed E-state index contributed by atoms with van der Waals surface area (Å²) in [6, 6.07) is 4.56. The zero-order chi connectivity index (χ0) is 16.6. The van der Waals surface area contributed by atoms with Gasteiger partial charge < -0.3 is 19.7 Å². The Morgan fingerprint density at radius 3 is 2.74 bits per heavy atom. The second-order valence-corrected chi connectivity index (χ2v) is 5.95. The molecule has 1 saturated carbocycles. The summed E-state index contributed by atoms with van der Waals surface area (Å²) in [6.45, 7) is 3.59. The summed E-state index contributed by atoms with van der Waals surface area (Å²) in [5.74, 6) is 1.13. The quantitative estimate of drug-likeness (QED) is 0.877. The van der Waals surface area contributed by atoms with Crippen LogP contribution in [0.25, 0.3) is 0 Å². The molecule has 2 N–H and O–H groups in total. The molecule has 0 aliphatic heterocycles. The molecule has 1 amide bonds. The Balaban J connectivity index is 1.87. The molecule has 1 unspecified atom stereocenters. The van der Waals surface area contributed by atoms with Crippen LogP contribution < -0.4 is 10.1 Å². The van der Waals surface area contributed by atoms with Gasteiger partial charge in [-0.3, -0.25) is 4.79 Å². The fourth-order valence-electron chi connectivity index (χ4n) is 2.65. The number of hydrogen-bond donors (Lipinski definition) is 2. The van der Waals surface area contributed by atoms with Crippen molar-refractivity contribution in [1.82, 2.24) is 15.5 Å². The number of aryl methyl sites for hydroxylation is 1. The highest BCUT2D eigenvalue weighted by Crippen LogP contribution is 2.44. The number of aromatic nitrogens is 2. The third-order valence-electron chi connectivity index (χ3n) is 4.21. The van der Waals surface area contributed by atoms with E-state index in [9.17, 15) is 9.90 Å². The second kappa shape index (κ2) is 5.57. The summed E-state index contributed by atoms with van der Waals surface area (Å²) in [6.07, 6.45) is 1.97. The van der Waals surface area contributed by atoms with Crippen LogP contribution in [0.15, 0.2) is 22.7 Å². The molecule has 7 nitrogen and oxygen atoms in total. The van der Waals surface area contributed by atoms with Crippen molar-refractivity contribution >= 4 is 5.91 Å². The Labute approximate surface area is 133 Å². The van der Waals surface area contributed by atoms with Crippen molar-refractivity contribution in [3.63, 3.8) is 0 Å².